The van der Waals surface area contributed by atoms with Crippen LogP contribution in [0.2, 0.25) is 0 Å². The number of aliphatic imine (C=N–C) groups is 1. The van der Waals surface area contributed by atoms with Gasteiger partial charge in [0.2, 0.25) is 0 Å². The average Bonchev–Trinajstić information content (AvgIpc) is 2.87. The van der Waals surface area contributed by atoms with Gasteiger partial charge in [0.25, 0.3) is 0 Å². The summed E-state index contributed by atoms with van der Waals surface area (Å²) in [6.07, 6.45) is 5.09. The minimum Gasteiger partial charge on any atom is -0.379 e. The summed E-state index contributed by atoms with van der Waals surface area (Å²) < 4.78 is 5.52. The number of thiophene rings is 1. The van der Waals surface area contributed by atoms with E-state index in [0.717, 1.165) is 51.9 Å². The summed E-state index contributed by atoms with van der Waals surface area (Å²) in [7, 11) is 0. The van der Waals surface area contributed by atoms with Gasteiger partial charge < -0.3 is 15.4 Å². The molecule has 2 aliphatic heterocycles. The summed E-state index contributed by atoms with van der Waals surface area (Å²) in [4.78, 5) is 12.3. The largest absolute Gasteiger partial charge is 0.379 e. The Bertz CT molecular complexity index is 537. The lowest BCUT2D eigenvalue weighted by Crippen LogP contribution is -2.41. The van der Waals surface area contributed by atoms with Crippen molar-refractivity contribution in [3.63, 3.8) is 0 Å². The summed E-state index contributed by atoms with van der Waals surface area (Å²) in [6.45, 7) is 8.58. The van der Waals surface area contributed by atoms with Crippen molar-refractivity contribution in [2.24, 2.45) is 10.7 Å². The predicted octanol–water partition coefficient (Wildman–Crippen LogP) is 3.24. The maximum atomic E-state index is 6.32. The number of ether oxygens (including phenoxy) is 1. The van der Waals surface area contributed by atoms with E-state index in [1.807, 2.05) is 11.3 Å². The summed E-state index contributed by atoms with van der Waals surface area (Å²) >= 11 is 1.87. The van der Waals surface area contributed by atoms with Crippen LogP contribution in [-0.4, -0.2) is 61.7 Å². The molecule has 2 aliphatic rings. The molecule has 0 aromatic carbocycles. The lowest BCUT2D eigenvalue weighted by Gasteiger charge is -2.33. The third-order valence-corrected chi connectivity index (χ3v) is 6.03. The van der Waals surface area contributed by atoms with Gasteiger partial charge in [-0.15, -0.1) is 35.3 Å². The molecule has 3 heterocycles. The predicted molar refractivity (Wildman–Crippen MR) is 116 cm³/mol. The van der Waals surface area contributed by atoms with Crippen LogP contribution in [0.15, 0.2) is 17.1 Å². The highest BCUT2D eigenvalue weighted by molar-refractivity contribution is 14.0. The average molecular weight is 478 g/mol. The fraction of sp³-hybridized carbons (Fsp3) is 0.722. The Balaban J connectivity index is 0.00000225. The van der Waals surface area contributed by atoms with Crippen molar-refractivity contribution >= 4 is 41.3 Å². The van der Waals surface area contributed by atoms with Gasteiger partial charge in [-0.2, -0.15) is 0 Å². The highest BCUT2D eigenvalue weighted by atomic mass is 127. The standard InChI is InChI=1S/C18H30N4OS.HI/c1-15-6-7-17(24-15)16(21-10-12-23-13-11-21)14-20-18(19)22-8-4-2-3-5-9-22;/h6-7,16H,2-5,8-14H2,1H3,(H2,19,20);1H. The molecule has 0 aliphatic carbocycles. The van der Waals surface area contributed by atoms with E-state index in [1.54, 1.807) is 0 Å². The van der Waals surface area contributed by atoms with Crippen LogP contribution in [0.25, 0.3) is 0 Å². The van der Waals surface area contributed by atoms with E-state index < -0.39 is 0 Å². The minimum atomic E-state index is 0. The van der Waals surface area contributed by atoms with E-state index in [4.69, 9.17) is 15.5 Å². The van der Waals surface area contributed by atoms with Gasteiger partial charge in [-0.1, -0.05) is 12.8 Å². The normalized spacial score (nSPS) is 21.5. The fourth-order valence-corrected chi connectivity index (χ4v) is 4.49. The zero-order chi connectivity index (χ0) is 16.8. The van der Waals surface area contributed by atoms with Crippen molar-refractivity contribution in [2.75, 3.05) is 45.9 Å². The number of guanidine groups is 1. The molecular formula is C18H31IN4OS. The van der Waals surface area contributed by atoms with Gasteiger partial charge >= 0.3 is 0 Å². The Morgan fingerprint density at radius 3 is 2.44 bits per heavy atom. The van der Waals surface area contributed by atoms with E-state index in [-0.39, 0.29) is 24.0 Å². The molecule has 7 heteroatoms. The summed E-state index contributed by atoms with van der Waals surface area (Å²) in [6, 6.07) is 4.77. The van der Waals surface area contributed by atoms with Gasteiger partial charge in [0, 0.05) is 35.9 Å². The molecule has 0 spiro atoms. The van der Waals surface area contributed by atoms with Crippen LogP contribution in [0.4, 0.5) is 0 Å². The monoisotopic (exact) mass is 478 g/mol. The Morgan fingerprint density at radius 1 is 1.16 bits per heavy atom. The highest BCUT2D eigenvalue weighted by Crippen LogP contribution is 2.28. The number of hydrogen-bond acceptors (Lipinski definition) is 4. The van der Waals surface area contributed by atoms with Crippen LogP contribution in [-0.2, 0) is 4.74 Å². The van der Waals surface area contributed by atoms with E-state index >= 15 is 0 Å². The van der Waals surface area contributed by atoms with Crippen LogP contribution >= 0.6 is 35.3 Å². The molecule has 1 atom stereocenters. The Kier molecular flexibility index (Phi) is 8.95. The second-order valence-corrected chi connectivity index (χ2v) is 8.03. The van der Waals surface area contributed by atoms with Crippen LogP contribution < -0.4 is 5.73 Å². The smallest absolute Gasteiger partial charge is 0.191 e. The molecule has 1 unspecified atom stereocenters. The first-order valence-corrected chi connectivity index (χ1v) is 9.98. The summed E-state index contributed by atoms with van der Waals surface area (Å²) in [5.74, 6) is 0.725. The second-order valence-electron chi connectivity index (χ2n) is 6.71. The first-order valence-electron chi connectivity index (χ1n) is 9.17. The zero-order valence-corrected chi connectivity index (χ0v) is 18.3. The Morgan fingerprint density at radius 2 is 1.84 bits per heavy atom. The number of nitrogens with two attached hydrogens (primary N) is 1. The quantitative estimate of drug-likeness (QED) is 0.410. The van der Waals surface area contributed by atoms with Crippen molar-refractivity contribution < 1.29 is 4.74 Å². The minimum absolute atomic E-state index is 0. The van der Waals surface area contributed by atoms with Crippen molar-refractivity contribution in [3.8, 4) is 0 Å². The number of aryl methyl sites for hydroxylation is 1. The third kappa shape index (κ3) is 6.08. The molecule has 0 saturated carbocycles. The van der Waals surface area contributed by atoms with E-state index in [1.165, 1.54) is 35.4 Å². The molecule has 1 aromatic rings. The van der Waals surface area contributed by atoms with Gasteiger partial charge in [0.05, 0.1) is 25.8 Å². The number of nitrogens with zero attached hydrogens (tertiary/aromatic N) is 3. The molecule has 0 amide bonds. The molecule has 0 bridgehead atoms. The van der Waals surface area contributed by atoms with Crippen LogP contribution in [0.3, 0.4) is 0 Å². The Labute approximate surface area is 172 Å². The fourth-order valence-electron chi connectivity index (χ4n) is 3.49. The molecule has 2 saturated heterocycles. The van der Waals surface area contributed by atoms with Crippen molar-refractivity contribution in [1.29, 1.82) is 0 Å². The molecule has 3 rings (SSSR count). The topological polar surface area (TPSA) is 54.1 Å². The van der Waals surface area contributed by atoms with Gasteiger partial charge in [-0.25, -0.2) is 0 Å². The molecule has 142 valence electrons. The molecule has 25 heavy (non-hydrogen) atoms. The molecule has 0 radical (unpaired) electrons. The van der Waals surface area contributed by atoms with E-state index in [9.17, 15) is 0 Å². The van der Waals surface area contributed by atoms with E-state index in [2.05, 4.69) is 28.9 Å². The lowest BCUT2D eigenvalue weighted by atomic mass is 10.2. The second kappa shape index (κ2) is 10.7. The first kappa shape index (κ1) is 20.9. The Hall–Kier alpha value is -0.380. The third-order valence-electron chi connectivity index (χ3n) is 4.93. The number of rotatable bonds is 4. The van der Waals surface area contributed by atoms with E-state index in [0.29, 0.717) is 6.04 Å². The highest BCUT2D eigenvalue weighted by Gasteiger charge is 2.24. The van der Waals surface area contributed by atoms with Crippen LogP contribution in [0, 0.1) is 6.92 Å². The number of morpholine rings is 1. The maximum absolute atomic E-state index is 6.32. The zero-order valence-electron chi connectivity index (χ0n) is 15.2. The maximum Gasteiger partial charge on any atom is 0.191 e. The molecular weight excluding hydrogens is 447 g/mol. The molecule has 5 nitrogen and oxygen atoms in total. The number of likely N-dealkylation sites (tertiary alicyclic amines) is 1. The SMILES string of the molecule is Cc1ccc(C(CN=C(N)N2CCCCCC2)N2CCOCC2)s1.I. The van der Waals surface area contributed by atoms with Crippen molar-refractivity contribution in [1.82, 2.24) is 9.80 Å². The molecule has 2 fully saturated rings. The summed E-state index contributed by atoms with van der Waals surface area (Å²) in [5, 5.41) is 0. The van der Waals surface area contributed by atoms with Gasteiger partial charge in [0.15, 0.2) is 5.96 Å². The van der Waals surface area contributed by atoms with Crippen molar-refractivity contribution in [2.45, 2.75) is 38.6 Å². The van der Waals surface area contributed by atoms with Crippen molar-refractivity contribution in [3.05, 3.63) is 21.9 Å². The number of hydrogen-bond donors (Lipinski definition) is 1. The lowest BCUT2D eigenvalue weighted by molar-refractivity contribution is 0.0186. The van der Waals surface area contributed by atoms with Gasteiger partial charge in [-0.3, -0.25) is 9.89 Å². The number of halogens is 1. The first-order chi connectivity index (χ1) is 11.7. The summed E-state index contributed by atoms with van der Waals surface area (Å²) in [5.41, 5.74) is 6.32. The van der Waals surface area contributed by atoms with Gasteiger partial charge in [-0.05, 0) is 31.9 Å². The van der Waals surface area contributed by atoms with Crippen LogP contribution in [0.5, 0.6) is 0 Å². The molecule has 2 N–H and O–H groups in total. The van der Waals surface area contributed by atoms with Crippen LogP contribution in [0.1, 0.15) is 41.5 Å². The molecule has 1 aromatic heterocycles. The van der Waals surface area contributed by atoms with Gasteiger partial charge in [0.1, 0.15) is 0 Å².